The molecule has 11 heteroatoms. The molecular formula is C16H22BrN3O6S. The molecule has 9 nitrogen and oxygen atoms in total. The van der Waals surface area contributed by atoms with Gasteiger partial charge in [-0.15, -0.1) is 0 Å². The zero-order valence-electron chi connectivity index (χ0n) is 15.3. The maximum Gasteiger partial charge on any atom is 0.340 e. The van der Waals surface area contributed by atoms with Gasteiger partial charge in [-0.2, -0.15) is 0 Å². The van der Waals surface area contributed by atoms with Crippen LogP contribution in [0.15, 0.2) is 27.6 Å². The summed E-state index contributed by atoms with van der Waals surface area (Å²) in [4.78, 5) is 35.4. The molecule has 27 heavy (non-hydrogen) atoms. The van der Waals surface area contributed by atoms with Crippen LogP contribution in [0.5, 0.6) is 0 Å². The molecule has 0 fully saturated rings. The molecule has 1 aromatic rings. The molecule has 0 radical (unpaired) electrons. The minimum Gasteiger partial charge on any atom is -0.449 e. The van der Waals surface area contributed by atoms with Gasteiger partial charge in [0.25, 0.3) is 5.91 Å². The number of benzene rings is 1. The van der Waals surface area contributed by atoms with Crippen LogP contribution in [-0.2, 0) is 19.6 Å². The molecule has 3 N–H and O–H groups in total. The van der Waals surface area contributed by atoms with Gasteiger partial charge in [0.1, 0.15) is 0 Å². The molecule has 0 aliphatic carbocycles. The van der Waals surface area contributed by atoms with E-state index in [0.29, 0.717) is 11.0 Å². The predicted octanol–water partition coefficient (Wildman–Crippen LogP) is 1.53. The highest BCUT2D eigenvalue weighted by molar-refractivity contribution is 9.10. The fourth-order valence-corrected chi connectivity index (χ4v) is 3.59. The van der Waals surface area contributed by atoms with E-state index >= 15 is 0 Å². The van der Waals surface area contributed by atoms with Gasteiger partial charge in [0, 0.05) is 17.1 Å². The molecule has 3 amide bonds. The average molecular weight is 464 g/mol. The Hall–Kier alpha value is -1.98. The highest BCUT2D eigenvalue weighted by Crippen LogP contribution is 2.22. The summed E-state index contributed by atoms with van der Waals surface area (Å²) in [6, 6.07) is 2.83. The van der Waals surface area contributed by atoms with Gasteiger partial charge in [0.2, 0.25) is 10.0 Å². The first-order chi connectivity index (χ1) is 12.5. The van der Waals surface area contributed by atoms with Crippen LogP contribution in [0.2, 0.25) is 0 Å². The molecule has 0 saturated carbocycles. The number of rotatable bonds is 7. The van der Waals surface area contributed by atoms with Gasteiger partial charge in [-0.1, -0.05) is 0 Å². The molecular weight excluding hydrogens is 442 g/mol. The van der Waals surface area contributed by atoms with Gasteiger partial charge in [-0.25, -0.2) is 22.7 Å². The molecule has 0 heterocycles. The quantitative estimate of drug-likeness (QED) is 0.525. The Balaban J connectivity index is 2.96. The normalized spacial score (nSPS) is 12.4. The van der Waals surface area contributed by atoms with Crippen LogP contribution >= 0.6 is 15.9 Å². The predicted molar refractivity (Wildman–Crippen MR) is 102 cm³/mol. The van der Waals surface area contributed by atoms with Crippen molar-refractivity contribution in [3.05, 3.63) is 28.2 Å². The summed E-state index contributed by atoms with van der Waals surface area (Å²) in [7, 11) is -3.81. The van der Waals surface area contributed by atoms with Gasteiger partial charge >= 0.3 is 12.0 Å². The number of esters is 1. The average Bonchev–Trinajstić information content (AvgIpc) is 2.53. The summed E-state index contributed by atoms with van der Waals surface area (Å²) in [5.74, 6) is -1.72. The largest absolute Gasteiger partial charge is 0.449 e. The Morgan fingerprint density at radius 2 is 1.81 bits per heavy atom. The van der Waals surface area contributed by atoms with Gasteiger partial charge in [0.05, 0.1) is 10.5 Å². The number of ether oxygens (including phenoxy) is 1. The minimum absolute atomic E-state index is 0.0701. The second kappa shape index (κ2) is 9.81. The van der Waals surface area contributed by atoms with Gasteiger partial charge in [0.15, 0.2) is 6.10 Å². The monoisotopic (exact) mass is 463 g/mol. The minimum atomic E-state index is -3.81. The molecule has 1 rings (SSSR count). The summed E-state index contributed by atoms with van der Waals surface area (Å²) in [6.07, 6.45) is -1.26. The summed E-state index contributed by atoms with van der Waals surface area (Å²) in [5, 5.41) is 4.40. The number of carbonyl (C=O) groups excluding carboxylic acids is 3. The zero-order valence-corrected chi connectivity index (χ0v) is 17.7. The molecule has 0 bridgehead atoms. The lowest BCUT2D eigenvalue weighted by atomic mass is 10.2. The maximum absolute atomic E-state index is 12.3. The number of urea groups is 1. The van der Waals surface area contributed by atoms with Crippen molar-refractivity contribution < 1.29 is 27.5 Å². The van der Waals surface area contributed by atoms with Crippen LogP contribution in [-0.4, -0.2) is 45.0 Å². The lowest BCUT2D eigenvalue weighted by Gasteiger charge is -2.15. The Morgan fingerprint density at radius 3 is 2.37 bits per heavy atom. The van der Waals surface area contributed by atoms with Crippen molar-refractivity contribution in [1.82, 2.24) is 15.4 Å². The van der Waals surface area contributed by atoms with Crippen molar-refractivity contribution >= 4 is 43.9 Å². The van der Waals surface area contributed by atoms with E-state index in [9.17, 15) is 22.8 Å². The van der Waals surface area contributed by atoms with E-state index in [1.807, 2.05) is 5.32 Å². The smallest absolute Gasteiger partial charge is 0.340 e. The summed E-state index contributed by atoms with van der Waals surface area (Å²) in [6.45, 7) is 6.63. The first-order valence-electron chi connectivity index (χ1n) is 8.09. The first-order valence-corrected chi connectivity index (χ1v) is 10.4. The van der Waals surface area contributed by atoms with Gasteiger partial charge in [-0.05, 0) is 61.8 Å². The fraction of sp³-hybridized carbons (Fsp3) is 0.438. The van der Waals surface area contributed by atoms with Crippen molar-refractivity contribution in [2.45, 2.75) is 44.7 Å². The number of carbonyl (C=O) groups is 3. The number of hydrogen-bond donors (Lipinski definition) is 3. The summed E-state index contributed by atoms with van der Waals surface area (Å²) >= 11 is 3.16. The number of hydrogen-bond acceptors (Lipinski definition) is 6. The second-order valence-electron chi connectivity index (χ2n) is 5.81. The number of imide groups is 1. The lowest BCUT2D eigenvalue weighted by Crippen LogP contribution is -2.44. The van der Waals surface area contributed by atoms with Crippen molar-refractivity contribution in [2.75, 3.05) is 6.54 Å². The molecule has 0 aromatic heterocycles. The molecule has 0 aliphatic heterocycles. The van der Waals surface area contributed by atoms with Crippen molar-refractivity contribution in [2.24, 2.45) is 0 Å². The van der Waals surface area contributed by atoms with E-state index < -0.39 is 34.0 Å². The molecule has 0 unspecified atom stereocenters. The number of amides is 3. The summed E-state index contributed by atoms with van der Waals surface area (Å²) in [5.41, 5.74) is -0.0701. The first kappa shape index (κ1) is 23.1. The molecule has 150 valence electrons. The maximum atomic E-state index is 12.3. The number of nitrogens with one attached hydrogen (secondary N) is 3. The van der Waals surface area contributed by atoms with Gasteiger partial charge < -0.3 is 10.1 Å². The fourth-order valence-electron chi connectivity index (χ4n) is 1.90. The highest BCUT2D eigenvalue weighted by Gasteiger charge is 2.24. The number of sulfonamides is 1. The van der Waals surface area contributed by atoms with Crippen LogP contribution in [0.25, 0.3) is 0 Å². The Kier molecular flexibility index (Phi) is 8.38. The standard InChI is InChI=1S/C16H22BrN3O6S/c1-5-18-16(23)19-14(21)10(4)26-15(22)12-8-11(6-7-13(12)17)27(24,25)20-9(2)3/h6-10,20H,5H2,1-4H3,(H2,18,19,21,23)/t10-/m0/s1. The highest BCUT2D eigenvalue weighted by atomic mass is 79.9. The van der Waals surface area contributed by atoms with Crippen LogP contribution in [0, 0.1) is 0 Å². The number of halogens is 1. The molecule has 1 atom stereocenters. The van der Waals surface area contributed by atoms with E-state index in [1.54, 1.807) is 20.8 Å². The Labute approximate surface area is 166 Å². The van der Waals surface area contributed by atoms with E-state index in [4.69, 9.17) is 4.74 Å². The molecule has 0 aliphatic rings. The van der Waals surface area contributed by atoms with Crippen LogP contribution < -0.4 is 15.4 Å². The third-order valence-electron chi connectivity index (χ3n) is 3.09. The van der Waals surface area contributed by atoms with Crippen LogP contribution in [0.4, 0.5) is 4.79 Å². The third-order valence-corrected chi connectivity index (χ3v) is 5.43. The zero-order chi connectivity index (χ0) is 20.8. The molecule has 1 aromatic carbocycles. The van der Waals surface area contributed by atoms with E-state index in [1.165, 1.54) is 19.1 Å². The van der Waals surface area contributed by atoms with Crippen molar-refractivity contribution in [1.29, 1.82) is 0 Å². The van der Waals surface area contributed by atoms with Gasteiger partial charge in [-0.3, -0.25) is 10.1 Å². The summed E-state index contributed by atoms with van der Waals surface area (Å²) < 4.78 is 32.2. The third kappa shape index (κ3) is 6.92. The van der Waals surface area contributed by atoms with Crippen LogP contribution in [0.1, 0.15) is 38.1 Å². The van der Waals surface area contributed by atoms with E-state index in [2.05, 4.69) is 26.0 Å². The SMILES string of the molecule is CCNC(=O)NC(=O)[C@H](C)OC(=O)c1cc(S(=O)(=O)NC(C)C)ccc1Br. The van der Waals surface area contributed by atoms with Crippen LogP contribution in [0.3, 0.4) is 0 Å². The lowest BCUT2D eigenvalue weighted by molar-refractivity contribution is -0.127. The van der Waals surface area contributed by atoms with E-state index in [-0.39, 0.29) is 16.5 Å². The van der Waals surface area contributed by atoms with Crippen molar-refractivity contribution in [3.63, 3.8) is 0 Å². The van der Waals surface area contributed by atoms with E-state index in [0.717, 1.165) is 6.07 Å². The van der Waals surface area contributed by atoms with Crippen molar-refractivity contribution in [3.8, 4) is 0 Å². The molecule has 0 saturated heterocycles. The second-order valence-corrected chi connectivity index (χ2v) is 8.38. The molecule has 0 spiro atoms. The topological polar surface area (TPSA) is 131 Å². The Bertz CT molecular complexity index is 825. The Morgan fingerprint density at radius 1 is 1.19 bits per heavy atom.